The smallest absolute Gasteiger partial charge is 0.238 e. The maximum atomic E-state index is 12.2. The quantitative estimate of drug-likeness (QED) is 0.826. The van der Waals surface area contributed by atoms with Crippen molar-refractivity contribution in [1.82, 2.24) is 9.80 Å². The van der Waals surface area contributed by atoms with Crippen molar-refractivity contribution >= 4 is 17.3 Å². The molecule has 0 saturated carbocycles. The highest BCUT2D eigenvalue weighted by atomic mass is 16.2. The maximum absolute atomic E-state index is 12.2. The number of benzene rings is 1. The molecule has 1 aliphatic heterocycles. The van der Waals surface area contributed by atoms with Crippen LogP contribution in [-0.2, 0) is 4.79 Å². The number of amides is 1. The zero-order valence-electron chi connectivity index (χ0n) is 13.2. The first kappa shape index (κ1) is 15.8. The van der Waals surface area contributed by atoms with Crippen molar-refractivity contribution < 1.29 is 4.79 Å². The second kappa shape index (κ2) is 6.91. The Morgan fingerprint density at radius 3 is 2.67 bits per heavy atom. The third-order valence-corrected chi connectivity index (χ3v) is 4.19. The van der Waals surface area contributed by atoms with Crippen molar-refractivity contribution in [3.05, 3.63) is 23.8 Å². The molecule has 1 amide bonds. The number of nitrogens with two attached hydrogens (primary N) is 1. The lowest BCUT2D eigenvalue weighted by Crippen LogP contribution is -2.44. The van der Waals surface area contributed by atoms with E-state index in [1.165, 1.54) is 0 Å². The number of carbonyl (C=O) groups excluding carboxylic acids is 1. The van der Waals surface area contributed by atoms with Crippen molar-refractivity contribution in [2.45, 2.75) is 25.8 Å². The minimum atomic E-state index is 0.0343. The highest BCUT2D eigenvalue weighted by molar-refractivity contribution is 5.93. The minimum absolute atomic E-state index is 0.0343. The lowest BCUT2D eigenvalue weighted by Gasteiger charge is -2.34. The molecule has 0 bridgehead atoms. The van der Waals surface area contributed by atoms with E-state index < -0.39 is 0 Å². The molecule has 0 aromatic heterocycles. The summed E-state index contributed by atoms with van der Waals surface area (Å²) in [6.07, 6.45) is 2.25. The van der Waals surface area contributed by atoms with Crippen LogP contribution in [0.5, 0.6) is 0 Å². The van der Waals surface area contributed by atoms with Crippen LogP contribution >= 0.6 is 0 Å². The predicted octanol–water partition coefficient (Wildman–Crippen LogP) is 1.54. The summed E-state index contributed by atoms with van der Waals surface area (Å²) in [6, 6.07) is 6.22. The van der Waals surface area contributed by atoms with E-state index in [-0.39, 0.29) is 5.91 Å². The van der Waals surface area contributed by atoms with Gasteiger partial charge < -0.3 is 16.0 Å². The summed E-state index contributed by atoms with van der Waals surface area (Å²) in [5, 5.41) is 2.96. The van der Waals surface area contributed by atoms with Gasteiger partial charge in [0.1, 0.15) is 0 Å². The fourth-order valence-electron chi connectivity index (χ4n) is 2.76. The molecule has 5 nitrogen and oxygen atoms in total. The molecule has 116 valence electrons. The van der Waals surface area contributed by atoms with Gasteiger partial charge in [-0.15, -0.1) is 0 Å². The molecule has 0 spiro atoms. The van der Waals surface area contributed by atoms with Crippen LogP contribution in [0.2, 0.25) is 0 Å². The number of rotatable bonds is 4. The highest BCUT2D eigenvalue weighted by Crippen LogP contribution is 2.18. The van der Waals surface area contributed by atoms with E-state index in [0.29, 0.717) is 18.3 Å². The molecule has 5 heteroatoms. The predicted molar refractivity (Wildman–Crippen MR) is 87.4 cm³/mol. The summed E-state index contributed by atoms with van der Waals surface area (Å²) in [5.41, 5.74) is 8.27. The highest BCUT2D eigenvalue weighted by Gasteiger charge is 2.22. The minimum Gasteiger partial charge on any atom is -0.399 e. The lowest BCUT2D eigenvalue weighted by atomic mass is 10.0. The van der Waals surface area contributed by atoms with Gasteiger partial charge in [0.25, 0.3) is 0 Å². The molecule has 1 saturated heterocycles. The summed E-state index contributed by atoms with van der Waals surface area (Å²) in [7, 11) is 4.24. The van der Waals surface area contributed by atoms with Crippen molar-refractivity contribution in [2.75, 3.05) is 44.8 Å². The van der Waals surface area contributed by atoms with Gasteiger partial charge in [0, 0.05) is 30.5 Å². The molecule has 1 fully saturated rings. The average molecular weight is 290 g/mol. The topological polar surface area (TPSA) is 61.6 Å². The number of nitrogen functional groups attached to an aromatic ring is 1. The van der Waals surface area contributed by atoms with Gasteiger partial charge in [0.05, 0.1) is 6.54 Å². The number of carbonyl (C=O) groups is 1. The van der Waals surface area contributed by atoms with Crippen LogP contribution in [0.1, 0.15) is 18.4 Å². The molecule has 1 heterocycles. The van der Waals surface area contributed by atoms with Crippen molar-refractivity contribution in [1.29, 1.82) is 0 Å². The van der Waals surface area contributed by atoms with Gasteiger partial charge in [-0.2, -0.15) is 0 Å². The number of nitrogens with zero attached hydrogens (tertiary/aromatic N) is 2. The monoisotopic (exact) mass is 290 g/mol. The Morgan fingerprint density at radius 2 is 2.05 bits per heavy atom. The summed E-state index contributed by atoms with van der Waals surface area (Å²) in [4.78, 5) is 16.6. The molecular formula is C16H26N4O. The fraction of sp³-hybridized carbons (Fsp3) is 0.562. The Balaban J connectivity index is 1.84. The Hall–Kier alpha value is -1.59. The first-order chi connectivity index (χ1) is 9.95. The molecule has 0 atom stereocenters. The number of hydrogen-bond donors (Lipinski definition) is 2. The van der Waals surface area contributed by atoms with E-state index in [2.05, 4.69) is 29.2 Å². The summed E-state index contributed by atoms with van der Waals surface area (Å²) in [6.45, 7) is 4.38. The van der Waals surface area contributed by atoms with E-state index in [0.717, 1.165) is 37.2 Å². The average Bonchev–Trinajstić information content (AvgIpc) is 2.43. The second-order valence-electron chi connectivity index (χ2n) is 6.09. The number of hydrogen-bond acceptors (Lipinski definition) is 4. The third kappa shape index (κ3) is 4.44. The van der Waals surface area contributed by atoms with Crippen molar-refractivity contribution in [3.63, 3.8) is 0 Å². The van der Waals surface area contributed by atoms with Crippen molar-refractivity contribution in [2.24, 2.45) is 0 Å². The zero-order valence-corrected chi connectivity index (χ0v) is 13.2. The van der Waals surface area contributed by atoms with E-state index in [9.17, 15) is 4.79 Å². The number of nitrogens with one attached hydrogen (secondary N) is 1. The third-order valence-electron chi connectivity index (χ3n) is 4.19. The molecule has 1 aliphatic rings. The van der Waals surface area contributed by atoms with Gasteiger partial charge >= 0.3 is 0 Å². The van der Waals surface area contributed by atoms with Gasteiger partial charge in [-0.3, -0.25) is 9.69 Å². The normalized spacial score (nSPS) is 17.1. The number of anilines is 2. The molecule has 3 N–H and O–H groups in total. The molecule has 1 aromatic rings. The largest absolute Gasteiger partial charge is 0.399 e. The van der Waals surface area contributed by atoms with E-state index in [1.807, 2.05) is 25.1 Å². The van der Waals surface area contributed by atoms with Gasteiger partial charge in [0.2, 0.25) is 5.91 Å². The molecule has 21 heavy (non-hydrogen) atoms. The van der Waals surface area contributed by atoms with Crippen molar-refractivity contribution in [3.8, 4) is 0 Å². The van der Waals surface area contributed by atoms with Crippen LogP contribution in [0, 0.1) is 6.92 Å². The van der Waals surface area contributed by atoms with Gasteiger partial charge in [-0.05, 0) is 51.6 Å². The van der Waals surface area contributed by atoms with Crippen LogP contribution in [-0.4, -0.2) is 55.5 Å². The number of likely N-dealkylation sites (tertiary alicyclic amines) is 1. The lowest BCUT2D eigenvalue weighted by molar-refractivity contribution is -0.117. The van der Waals surface area contributed by atoms with Crippen LogP contribution in [0.25, 0.3) is 0 Å². The molecule has 0 aliphatic carbocycles. The Morgan fingerprint density at radius 1 is 1.38 bits per heavy atom. The maximum Gasteiger partial charge on any atom is 0.238 e. The molecule has 0 radical (unpaired) electrons. The summed E-state index contributed by atoms with van der Waals surface area (Å²) < 4.78 is 0. The van der Waals surface area contributed by atoms with Crippen LogP contribution in [0.15, 0.2) is 18.2 Å². The summed E-state index contributed by atoms with van der Waals surface area (Å²) >= 11 is 0. The Kier molecular flexibility index (Phi) is 5.20. The molecule has 2 rings (SSSR count). The zero-order chi connectivity index (χ0) is 15.4. The van der Waals surface area contributed by atoms with Gasteiger partial charge in [-0.25, -0.2) is 0 Å². The van der Waals surface area contributed by atoms with Gasteiger partial charge in [0.15, 0.2) is 0 Å². The van der Waals surface area contributed by atoms with E-state index in [1.54, 1.807) is 0 Å². The number of piperidine rings is 1. The first-order valence-electron chi connectivity index (χ1n) is 7.50. The van der Waals surface area contributed by atoms with Crippen LogP contribution in [0.3, 0.4) is 0 Å². The Bertz CT molecular complexity index is 493. The fourth-order valence-corrected chi connectivity index (χ4v) is 2.76. The van der Waals surface area contributed by atoms with Crippen LogP contribution in [0.4, 0.5) is 11.4 Å². The second-order valence-corrected chi connectivity index (χ2v) is 6.09. The number of aryl methyl sites for hydroxylation is 1. The first-order valence-corrected chi connectivity index (χ1v) is 7.50. The standard InChI is InChI=1S/C16H26N4O/c1-12-4-5-13(17)10-15(12)18-16(21)11-20-8-6-14(7-9-20)19(2)3/h4-5,10,14H,6-9,11,17H2,1-3H3,(H,18,21). The Labute approximate surface area is 127 Å². The van der Waals surface area contributed by atoms with Gasteiger partial charge in [-0.1, -0.05) is 6.07 Å². The van der Waals surface area contributed by atoms with E-state index in [4.69, 9.17) is 5.73 Å². The molecular weight excluding hydrogens is 264 g/mol. The molecule has 1 aromatic carbocycles. The SMILES string of the molecule is Cc1ccc(N)cc1NC(=O)CN1CCC(N(C)C)CC1. The molecule has 0 unspecified atom stereocenters. The van der Waals surface area contributed by atoms with Crippen LogP contribution < -0.4 is 11.1 Å². The summed E-state index contributed by atoms with van der Waals surface area (Å²) in [5.74, 6) is 0.0343. The van der Waals surface area contributed by atoms with E-state index >= 15 is 0 Å².